The molecule has 0 aliphatic rings. The van der Waals surface area contributed by atoms with Gasteiger partial charge in [-0.15, -0.1) is 0 Å². The van der Waals surface area contributed by atoms with Gasteiger partial charge < -0.3 is 28.4 Å². The minimum atomic E-state index is -0.408. The lowest BCUT2D eigenvalue weighted by molar-refractivity contribution is -0.140. The fourth-order valence-electron chi connectivity index (χ4n) is 2.59. The van der Waals surface area contributed by atoms with Gasteiger partial charge in [-0.1, -0.05) is 30.8 Å². The van der Waals surface area contributed by atoms with Gasteiger partial charge in [-0.05, 0) is 19.1 Å². The van der Waals surface area contributed by atoms with Crippen molar-refractivity contribution in [2.45, 2.75) is 6.92 Å². The standard InChI is InChI=1S/C23H30O7/c1-18(2)23(24)30-17-14-27-12-11-26-13-16-29-22-9-5-6-19-20(22)7-4-8-21(19)28-15-10-25-3/h4-9H,1,10-17H2,2-3H3. The highest BCUT2D eigenvalue weighted by Crippen LogP contribution is 2.32. The summed E-state index contributed by atoms with van der Waals surface area (Å²) in [5, 5.41) is 1.98. The predicted molar refractivity (Wildman–Crippen MR) is 114 cm³/mol. The average molecular weight is 418 g/mol. The van der Waals surface area contributed by atoms with E-state index < -0.39 is 5.97 Å². The fourth-order valence-corrected chi connectivity index (χ4v) is 2.59. The SMILES string of the molecule is C=C(C)C(=O)OCCOCCOCCOc1cccc2c(OCCOC)cccc12. The van der Waals surface area contributed by atoms with E-state index in [0.29, 0.717) is 51.8 Å². The van der Waals surface area contributed by atoms with Gasteiger partial charge in [0.25, 0.3) is 0 Å². The van der Waals surface area contributed by atoms with Crippen LogP contribution in [0.2, 0.25) is 0 Å². The minimum Gasteiger partial charge on any atom is -0.491 e. The molecule has 0 atom stereocenters. The third-order valence-corrected chi connectivity index (χ3v) is 4.05. The number of carbonyl (C=O) groups is 1. The molecule has 2 rings (SSSR count). The van der Waals surface area contributed by atoms with Crippen molar-refractivity contribution in [3.63, 3.8) is 0 Å². The zero-order valence-corrected chi connectivity index (χ0v) is 17.7. The van der Waals surface area contributed by atoms with Gasteiger partial charge in [-0.25, -0.2) is 4.79 Å². The number of esters is 1. The molecule has 30 heavy (non-hydrogen) atoms. The van der Waals surface area contributed by atoms with Gasteiger partial charge >= 0.3 is 5.97 Å². The average Bonchev–Trinajstić information content (AvgIpc) is 2.75. The minimum absolute atomic E-state index is 0.201. The van der Waals surface area contributed by atoms with Crippen molar-refractivity contribution in [1.82, 2.24) is 0 Å². The number of fused-ring (bicyclic) bond motifs is 1. The van der Waals surface area contributed by atoms with E-state index in [1.54, 1.807) is 14.0 Å². The summed E-state index contributed by atoms with van der Waals surface area (Å²) < 4.78 is 32.5. The number of methoxy groups -OCH3 is 1. The Hall–Kier alpha value is -2.61. The molecule has 7 nitrogen and oxygen atoms in total. The van der Waals surface area contributed by atoms with E-state index in [9.17, 15) is 4.79 Å². The zero-order chi connectivity index (χ0) is 21.6. The van der Waals surface area contributed by atoms with Gasteiger partial charge in [0.2, 0.25) is 0 Å². The molecule has 0 aliphatic carbocycles. The Morgan fingerprint density at radius 3 is 1.80 bits per heavy atom. The van der Waals surface area contributed by atoms with Crippen molar-refractivity contribution in [2.75, 3.05) is 60.0 Å². The van der Waals surface area contributed by atoms with Crippen LogP contribution in [0.4, 0.5) is 0 Å². The Morgan fingerprint density at radius 1 is 0.767 bits per heavy atom. The Kier molecular flexibility index (Phi) is 10.7. The molecule has 0 heterocycles. The molecule has 2 aromatic carbocycles. The van der Waals surface area contributed by atoms with Gasteiger partial charge in [0.05, 0.1) is 33.0 Å². The quantitative estimate of drug-likeness (QED) is 0.249. The van der Waals surface area contributed by atoms with E-state index in [1.165, 1.54) is 0 Å². The summed E-state index contributed by atoms with van der Waals surface area (Å²) >= 11 is 0. The van der Waals surface area contributed by atoms with Gasteiger partial charge in [0.15, 0.2) is 0 Å². The van der Waals surface area contributed by atoms with E-state index in [4.69, 9.17) is 28.4 Å². The second-order valence-corrected chi connectivity index (χ2v) is 6.44. The molecule has 0 aliphatic heterocycles. The molecule has 164 valence electrons. The van der Waals surface area contributed by atoms with Crippen molar-refractivity contribution >= 4 is 16.7 Å². The molecule has 0 unspecified atom stereocenters. The lowest BCUT2D eigenvalue weighted by atomic mass is 10.1. The summed E-state index contributed by atoms with van der Waals surface area (Å²) in [5.41, 5.74) is 0.374. The first-order chi connectivity index (χ1) is 14.6. The number of ether oxygens (including phenoxy) is 6. The Bertz CT molecular complexity index is 803. The van der Waals surface area contributed by atoms with E-state index >= 15 is 0 Å². The number of hydrogen-bond acceptors (Lipinski definition) is 7. The second-order valence-electron chi connectivity index (χ2n) is 6.44. The fraction of sp³-hybridized carbons (Fsp3) is 0.435. The highest BCUT2D eigenvalue weighted by Gasteiger charge is 2.07. The molecule has 0 amide bonds. The molecule has 0 spiro atoms. The Labute approximate surface area is 177 Å². The van der Waals surface area contributed by atoms with Crippen LogP contribution in [-0.4, -0.2) is 65.9 Å². The Balaban J connectivity index is 1.66. The third-order valence-electron chi connectivity index (χ3n) is 4.05. The number of benzene rings is 2. The van der Waals surface area contributed by atoms with E-state index in [0.717, 1.165) is 22.3 Å². The van der Waals surface area contributed by atoms with Crippen LogP contribution in [0.1, 0.15) is 6.92 Å². The lowest BCUT2D eigenvalue weighted by Gasteiger charge is -2.13. The number of carbonyl (C=O) groups excluding carboxylic acids is 1. The maximum absolute atomic E-state index is 11.2. The smallest absolute Gasteiger partial charge is 0.333 e. The monoisotopic (exact) mass is 418 g/mol. The van der Waals surface area contributed by atoms with Gasteiger partial charge in [-0.2, -0.15) is 0 Å². The number of hydrogen-bond donors (Lipinski definition) is 0. The van der Waals surface area contributed by atoms with Crippen molar-refractivity contribution < 1.29 is 33.2 Å². The van der Waals surface area contributed by atoms with Gasteiger partial charge in [0.1, 0.15) is 31.3 Å². The van der Waals surface area contributed by atoms with Crippen LogP contribution >= 0.6 is 0 Å². The first kappa shape index (κ1) is 23.7. The van der Waals surface area contributed by atoms with Gasteiger partial charge in [-0.3, -0.25) is 0 Å². The molecule has 0 saturated carbocycles. The molecule has 0 radical (unpaired) electrons. The summed E-state index contributed by atoms with van der Waals surface area (Å²) in [6.07, 6.45) is 0. The maximum Gasteiger partial charge on any atom is 0.333 e. The second kappa shape index (κ2) is 13.6. The molecule has 0 saturated heterocycles. The van der Waals surface area contributed by atoms with E-state index in [1.807, 2.05) is 36.4 Å². The molecule has 0 fully saturated rings. The molecule has 0 bridgehead atoms. The van der Waals surface area contributed by atoms with Crippen LogP contribution in [0, 0.1) is 0 Å². The van der Waals surface area contributed by atoms with Crippen molar-refractivity contribution in [3.05, 3.63) is 48.6 Å². The molecular weight excluding hydrogens is 388 g/mol. The normalized spacial score (nSPS) is 10.7. The Morgan fingerprint density at radius 2 is 1.27 bits per heavy atom. The molecular formula is C23H30O7. The largest absolute Gasteiger partial charge is 0.491 e. The first-order valence-corrected chi connectivity index (χ1v) is 9.88. The van der Waals surface area contributed by atoms with Crippen LogP contribution < -0.4 is 9.47 Å². The van der Waals surface area contributed by atoms with Crippen molar-refractivity contribution in [3.8, 4) is 11.5 Å². The zero-order valence-electron chi connectivity index (χ0n) is 17.7. The maximum atomic E-state index is 11.2. The highest BCUT2D eigenvalue weighted by atomic mass is 16.6. The van der Waals surface area contributed by atoms with Crippen molar-refractivity contribution in [2.24, 2.45) is 0 Å². The third kappa shape index (κ3) is 8.02. The summed E-state index contributed by atoms with van der Waals surface area (Å²) in [6, 6.07) is 11.8. The van der Waals surface area contributed by atoms with Crippen molar-refractivity contribution in [1.29, 1.82) is 0 Å². The van der Waals surface area contributed by atoms with E-state index in [2.05, 4.69) is 6.58 Å². The predicted octanol–water partition coefficient (Wildman–Crippen LogP) is 3.40. The number of rotatable bonds is 15. The molecule has 2 aromatic rings. The van der Waals surface area contributed by atoms with Crippen LogP contribution in [0.15, 0.2) is 48.6 Å². The molecule has 0 N–H and O–H groups in total. The summed E-state index contributed by atoms with van der Waals surface area (Å²) in [4.78, 5) is 11.2. The summed E-state index contributed by atoms with van der Waals surface area (Å²) in [7, 11) is 1.65. The summed E-state index contributed by atoms with van der Waals surface area (Å²) in [5.74, 6) is 1.18. The van der Waals surface area contributed by atoms with Crippen LogP contribution in [0.3, 0.4) is 0 Å². The van der Waals surface area contributed by atoms with Crippen LogP contribution in [0.25, 0.3) is 10.8 Å². The lowest BCUT2D eigenvalue weighted by Crippen LogP contribution is -2.14. The van der Waals surface area contributed by atoms with Crippen LogP contribution in [0.5, 0.6) is 11.5 Å². The van der Waals surface area contributed by atoms with E-state index in [-0.39, 0.29) is 6.61 Å². The first-order valence-electron chi connectivity index (χ1n) is 9.88. The van der Waals surface area contributed by atoms with Gasteiger partial charge in [0, 0.05) is 23.5 Å². The van der Waals surface area contributed by atoms with Crippen LogP contribution in [-0.2, 0) is 23.7 Å². The topological polar surface area (TPSA) is 72.5 Å². The molecule has 7 heteroatoms. The molecule has 0 aromatic heterocycles. The highest BCUT2D eigenvalue weighted by molar-refractivity contribution is 5.93. The summed E-state index contributed by atoms with van der Waals surface area (Å²) in [6.45, 7) is 8.38.